The molecule has 0 radical (unpaired) electrons. The fourth-order valence-electron chi connectivity index (χ4n) is 2.94. The lowest BCUT2D eigenvalue weighted by Gasteiger charge is -2.26. The van der Waals surface area contributed by atoms with E-state index >= 15 is 0 Å². The molecule has 4 rings (SSSR count). The molecule has 0 spiro atoms. The molecule has 4 N–H and O–H groups in total. The molecule has 1 saturated heterocycles. The number of aromatic hydroxyl groups is 2. The van der Waals surface area contributed by atoms with E-state index in [1.807, 2.05) is 0 Å². The van der Waals surface area contributed by atoms with Crippen LogP contribution in [0.25, 0.3) is 11.3 Å². The summed E-state index contributed by atoms with van der Waals surface area (Å²) < 4.78 is 11.0. The van der Waals surface area contributed by atoms with Gasteiger partial charge in [-0.15, -0.1) is 4.91 Å². The number of nitrogens with one attached hydrogen (secondary N) is 2. The lowest BCUT2D eigenvalue weighted by molar-refractivity contribution is 0.0933. The minimum atomic E-state index is -0.394. The number of carbonyl (C=O) groups excluding carboxylic acids is 1. The van der Waals surface area contributed by atoms with Crippen LogP contribution in [0.1, 0.15) is 10.5 Å². The van der Waals surface area contributed by atoms with E-state index < -0.39 is 5.91 Å². The van der Waals surface area contributed by atoms with E-state index in [0.717, 1.165) is 19.2 Å². The summed E-state index contributed by atoms with van der Waals surface area (Å²) in [5.41, 5.74) is 0.391. The van der Waals surface area contributed by atoms with Crippen molar-refractivity contribution >= 4 is 11.6 Å². The van der Waals surface area contributed by atoms with Crippen LogP contribution in [0.2, 0.25) is 0 Å². The van der Waals surface area contributed by atoms with E-state index in [2.05, 4.69) is 21.0 Å². The summed E-state index contributed by atoms with van der Waals surface area (Å²) in [4.78, 5) is 22.8. The number of benzene rings is 2. The van der Waals surface area contributed by atoms with Gasteiger partial charge in [0.2, 0.25) is 0 Å². The van der Waals surface area contributed by atoms with Crippen LogP contribution in [-0.2, 0) is 0 Å². The van der Waals surface area contributed by atoms with Gasteiger partial charge in [0.25, 0.3) is 5.91 Å². The molecule has 10 heteroatoms. The van der Waals surface area contributed by atoms with Crippen LogP contribution in [0.5, 0.6) is 23.0 Å². The maximum Gasteiger partial charge on any atom is 0.273 e. The number of phenols is 2. The molecule has 3 aromatic rings. The standard InChI is InChI=1S/C20H18N4O6/c25-13-5-16(26)19(17(6-13)29-14-3-1-12(23-28)2-4-14)18-7-15(24-30-18)20(27)22-10-11-8-21-9-11/h1-7,11,21,25-26H,8-10H2,(H,22,27). The number of phenolic OH excluding ortho intramolecular Hbond substituents is 2. The zero-order valence-corrected chi connectivity index (χ0v) is 15.7. The van der Waals surface area contributed by atoms with Crippen molar-refractivity contribution in [1.29, 1.82) is 0 Å². The second-order valence-electron chi connectivity index (χ2n) is 6.84. The first kappa shape index (κ1) is 19.4. The molecule has 1 aliphatic heterocycles. The number of nitrogens with zero attached hydrogens (tertiary/aromatic N) is 2. The lowest BCUT2D eigenvalue weighted by atomic mass is 10.0. The number of carbonyl (C=O) groups is 1. The van der Waals surface area contributed by atoms with E-state index in [9.17, 15) is 19.9 Å². The zero-order valence-electron chi connectivity index (χ0n) is 15.7. The van der Waals surface area contributed by atoms with Gasteiger partial charge in [0.05, 0.1) is 0 Å². The Kier molecular flexibility index (Phi) is 5.31. The number of hydrogen-bond donors (Lipinski definition) is 4. The summed E-state index contributed by atoms with van der Waals surface area (Å²) in [7, 11) is 0. The monoisotopic (exact) mass is 410 g/mol. The van der Waals surface area contributed by atoms with Gasteiger partial charge in [-0.2, -0.15) is 0 Å². The van der Waals surface area contributed by atoms with Crippen LogP contribution in [-0.4, -0.2) is 40.9 Å². The third kappa shape index (κ3) is 4.08. The Morgan fingerprint density at radius 1 is 1.23 bits per heavy atom. The summed E-state index contributed by atoms with van der Waals surface area (Å²) in [6.45, 7) is 2.24. The first-order valence-electron chi connectivity index (χ1n) is 9.16. The highest BCUT2D eigenvalue weighted by atomic mass is 16.5. The van der Waals surface area contributed by atoms with Gasteiger partial charge in [-0.25, -0.2) is 0 Å². The van der Waals surface area contributed by atoms with E-state index in [1.165, 1.54) is 36.4 Å². The molecule has 30 heavy (non-hydrogen) atoms. The number of aromatic nitrogens is 1. The van der Waals surface area contributed by atoms with Gasteiger partial charge in [0, 0.05) is 43.8 Å². The molecule has 1 amide bonds. The fourth-order valence-corrected chi connectivity index (χ4v) is 2.94. The first-order valence-corrected chi connectivity index (χ1v) is 9.16. The van der Waals surface area contributed by atoms with Crippen LogP contribution in [0.4, 0.5) is 5.69 Å². The zero-order chi connectivity index (χ0) is 21.1. The summed E-state index contributed by atoms with van der Waals surface area (Å²) in [6.07, 6.45) is 0. The average Bonchev–Trinajstić information content (AvgIpc) is 3.16. The quantitative estimate of drug-likeness (QED) is 0.435. The Morgan fingerprint density at radius 3 is 2.67 bits per heavy atom. The third-order valence-electron chi connectivity index (χ3n) is 4.64. The van der Waals surface area contributed by atoms with Crippen molar-refractivity contribution < 1.29 is 24.3 Å². The summed E-state index contributed by atoms with van der Waals surface area (Å²) in [5, 5.41) is 32.7. The van der Waals surface area contributed by atoms with Crippen molar-refractivity contribution in [2.45, 2.75) is 0 Å². The predicted octanol–water partition coefficient (Wildman–Crippen LogP) is 2.89. The van der Waals surface area contributed by atoms with Gasteiger partial charge in [-0.3, -0.25) is 4.79 Å². The van der Waals surface area contributed by atoms with Crippen LogP contribution >= 0.6 is 0 Å². The Morgan fingerprint density at radius 2 is 2.00 bits per heavy atom. The van der Waals surface area contributed by atoms with Gasteiger partial charge in [0.15, 0.2) is 11.5 Å². The van der Waals surface area contributed by atoms with Crippen molar-refractivity contribution in [3.05, 3.63) is 53.1 Å². The lowest BCUT2D eigenvalue weighted by Crippen LogP contribution is -2.48. The topological polar surface area (TPSA) is 146 Å². The summed E-state index contributed by atoms with van der Waals surface area (Å²) >= 11 is 0. The van der Waals surface area contributed by atoms with Gasteiger partial charge in [0.1, 0.15) is 34.2 Å². The maximum atomic E-state index is 12.3. The molecule has 1 aliphatic rings. The molecule has 0 bridgehead atoms. The van der Waals surface area contributed by atoms with Gasteiger partial charge >= 0.3 is 0 Å². The third-order valence-corrected chi connectivity index (χ3v) is 4.64. The van der Waals surface area contributed by atoms with Crippen LogP contribution < -0.4 is 15.4 Å². The highest BCUT2D eigenvalue weighted by molar-refractivity contribution is 5.93. The average molecular weight is 410 g/mol. The summed E-state index contributed by atoms with van der Waals surface area (Å²) in [6, 6.07) is 9.72. The molecular formula is C20H18N4O6. The highest BCUT2D eigenvalue weighted by Crippen LogP contribution is 2.43. The van der Waals surface area contributed by atoms with Gasteiger partial charge < -0.3 is 30.1 Å². The molecule has 0 saturated carbocycles. The van der Waals surface area contributed by atoms with Crippen molar-refractivity contribution in [3.8, 4) is 34.3 Å². The molecule has 0 unspecified atom stereocenters. The molecular weight excluding hydrogens is 392 g/mol. The SMILES string of the molecule is O=Nc1ccc(Oc2cc(O)cc(O)c2-c2cc(C(=O)NCC3CNC3)no2)cc1. The molecule has 0 atom stereocenters. The molecule has 2 heterocycles. The van der Waals surface area contributed by atoms with E-state index in [-0.39, 0.29) is 40.0 Å². The first-order chi connectivity index (χ1) is 14.5. The number of ether oxygens (including phenoxy) is 1. The highest BCUT2D eigenvalue weighted by Gasteiger charge is 2.23. The molecule has 10 nitrogen and oxygen atoms in total. The number of amides is 1. The number of nitroso groups, excluding NO2 is 1. The largest absolute Gasteiger partial charge is 0.508 e. The van der Waals surface area contributed by atoms with E-state index in [1.54, 1.807) is 0 Å². The second-order valence-corrected chi connectivity index (χ2v) is 6.84. The fraction of sp³-hybridized carbons (Fsp3) is 0.200. The Labute approximate surface area is 170 Å². The van der Waals surface area contributed by atoms with Crippen molar-refractivity contribution in [2.75, 3.05) is 19.6 Å². The second kappa shape index (κ2) is 8.21. The normalized spacial score (nSPS) is 13.5. The molecule has 1 fully saturated rings. The number of hydrogen-bond acceptors (Lipinski definition) is 9. The maximum absolute atomic E-state index is 12.3. The van der Waals surface area contributed by atoms with E-state index in [4.69, 9.17) is 9.26 Å². The Bertz CT molecular complexity index is 1080. The number of rotatable bonds is 7. The van der Waals surface area contributed by atoms with Crippen LogP contribution in [0, 0.1) is 10.8 Å². The minimum Gasteiger partial charge on any atom is -0.508 e. The Hall–Kier alpha value is -3.92. The molecule has 2 aromatic carbocycles. The molecule has 0 aliphatic carbocycles. The molecule has 154 valence electrons. The Balaban J connectivity index is 1.59. The van der Waals surface area contributed by atoms with Crippen molar-refractivity contribution in [3.63, 3.8) is 0 Å². The van der Waals surface area contributed by atoms with E-state index in [0.29, 0.717) is 18.2 Å². The van der Waals surface area contributed by atoms with Crippen LogP contribution in [0.3, 0.4) is 0 Å². The van der Waals surface area contributed by atoms with Crippen molar-refractivity contribution in [2.24, 2.45) is 11.1 Å². The van der Waals surface area contributed by atoms with Gasteiger partial charge in [-0.1, -0.05) is 5.16 Å². The molecule has 1 aromatic heterocycles. The predicted molar refractivity (Wildman–Crippen MR) is 106 cm³/mol. The van der Waals surface area contributed by atoms with Crippen molar-refractivity contribution in [1.82, 2.24) is 15.8 Å². The summed E-state index contributed by atoms with van der Waals surface area (Å²) in [5.74, 6) is -0.0620. The van der Waals surface area contributed by atoms with Crippen LogP contribution in [0.15, 0.2) is 52.2 Å². The minimum absolute atomic E-state index is 0.0529. The van der Waals surface area contributed by atoms with Gasteiger partial charge in [-0.05, 0) is 29.4 Å². The smallest absolute Gasteiger partial charge is 0.273 e.